The van der Waals surface area contributed by atoms with Gasteiger partial charge in [-0.25, -0.2) is 14.5 Å². The minimum absolute atomic E-state index is 0.0643. The van der Waals surface area contributed by atoms with Crippen molar-refractivity contribution in [3.63, 3.8) is 0 Å². The van der Waals surface area contributed by atoms with Gasteiger partial charge in [0.2, 0.25) is 0 Å². The van der Waals surface area contributed by atoms with Gasteiger partial charge < -0.3 is 0 Å². The Morgan fingerprint density at radius 2 is 1.19 bits per heavy atom. The van der Waals surface area contributed by atoms with E-state index in [4.69, 9.17) is 19.7 Å². The molecule has 0 saturated heterocycles. The van der Waals surface area contributed by atoms with Crippen molar-refractivity contribution in [3.8, 4) is 0 Å². The largest absolute Gasteiger partial charge is 0.376 e. The maximum absolute atomic E-state index is 12.8. The number of rotatable bonds is 15. The van der Waals surface area contributed by atoms with E-state index in [1.54, 1.807) is 48.5 Å². The predicted molar refractivity (Wildman–Crippen MR) is 200 cm³/mol. The van der Waals surface area contributed by atoms with Gasteiger partial charge in [-0.2, -0.15) is 9.78 Å². The molecule has 3 heterocycles. The van der Waals surface area contributed by atoms with Crippen molar-refractivity contribution in [2.75, 3.05) is 11.4 Å². The molecule has 17 heteroatoms. The zero-order valence-electron chi connectivity index (χ0n) is 34.2. The number of carbonyl (C=O) groups excluding carboxylic acids is 8. The second-order valence-electron chi connectivity index (χ2n) is 16.5. The summed E-state index contributed by atoms with van der Waals surface area (Å²) in [6, 6.07) is 4.55. The van der Waals surface area contributed by atoms with Crippen LogP contribution in [0.1, 0.15) is 112 Å². The molecule has 3 aliphatic rings. The summed E-state index contributed by atoms with van der Waals surface area (Å²) in [6.45, 7) is 19.6. The minimum atomic E-state index is -1.24. The maximum atomic E-state index is 12.8. The summed E-state index contributed by atoms with van der Waals surface area (Å²) in [6.07, 6.45) is 5.08. The quantitative estimate of drug-likeness (QED) is 0.0982. The van der Waals surface area contributed by atoms with Crippen LogP contribution < -0.4 is 4.90 Å². The summed E-state index contributed by atoms with van der Waals surface area (Å²) in [4.78, 5) is 119. The smallest absolute Gasteiger partial charge is 0.275 e. The van der Waals surface area contributed by atoms with Crippen LogP contribution in [0.4, 0.5) is 5.69 Å². The van der Waals surface area contributed by atoms with Gasteiger partial charge in [-0.3, -0.25) is 48.3 Å². The lowest BCUT2D eigenvalue weighted by Crippen LogP contribution is -2.46. The lowest BCUT2D eigenvalue weighted by molar-refractivity contribution is -0.519. The zero-order valence-corrected chi connectivity index (χ0v) is 34.2. The third kappa shape index (κ3) is 13.1. The average molecular weight is 798 g/mol. The van der Waals surface area contributed by atoms with Crippen LogP contribution in [0, 0.1) is 5.41 Å². The summed E-state index contributed by atoms with van der Waals surface area (Å²) in [5, 5.41) is 9.17. The van der Waals surface area contributed by atoms with E-state index in [1.807, 2.05) is 20.8 Å². The van der Waals surface area contributed by atoms with Crippen LogP contribution in [0.25, 0.3) is 0 Å². The van der Waals surface area contributed by atoms with Gasteiger partial charge in [-0.1, -0.05) is 20.8 Å². The number of hydrogen-bond donors (Lipinski definition) is 0. The van der Waals surface area contributed by atoms with Crippen LogP contribution in [-0.4, -0.2) is 81.0 Å². The van der Waals surface area contributed by atoms with Crippen molar-refractivity contribution in [1.82, 2.24) is 9.80 Å². The first-order chi connectivity index (χ1) is 26.3. The number of benzene rings is 1. The van der Waals surface area contributed by atoms with Crippen LogP contribution in [0.3, 0.4) is 0 Å². The lowest BCUT2D eigenvalue weighted by Gasteiger charge is -2.30. The lowest BCUT2D eigenvalue weighted by atomic mass is 9.84. The van der Waals surface area contributed by atoms with E-state index in [0.717, 1.165) is 20.8 Å². The summed E-state index contributed by atoms with van der Waals surface area (Å²) >= 11 is 0. The van der Waals surface area contributed by atoms with Gasteiger partial charge >= 0.3 is 11.9 Å². The first kappa shape index (κ1) is 46.0. The molecule has 0 saturated carbocycles. The molecular formula is C40H51N3O14. The highest BCUT2D eigenvalue weighted by Crippen LogP contribution is 2.30. The van der Waals surface area contributed by atoms with Gasteiger partial charge in [0.05, 0.1) is 16.9 Å². The summed E-state index contributed by atoms with van der Waals surface area (Å²) < 4.78 is 0. The summed E-state index contributed by atoms with van der Waals surface area (Å²) in [5.41, 5.74) is 0.0628. The fourth-order valence-electron chi connectivity index (χ4n) is 5.99. The Balaban J connectivity index is 0.000000329. The highest BCUT2D eigenvalue weighted by molar-refractivity contribution is 6.30. The molecule has 4 rings (SSSR count). The highest BCUT2D eigenvalue weighted by Gasteiger charge is 2.40. The van der Waals surface area contributed by atoms with Crippen molar-refractivity contribution in [2.45, 2.75) is 119 Å². The van der Waals surface area contributed by atoms with E-state index in [1.165, 1.54) is 43.3 Å². The Bertz CT molecular complexity index is 1860. The van der Waals surface area contributed by atoms with E-state index >= 15 is 0 Å². The van der Waals surface area contributed by atoms with Gasteiger partial charge in [0.1, 0.15) is 11.6 Å². The number of hydrogen-bond acceptors (Lipinski definition) is 14. The molecule has 0 spiro atoms. The van der Waals surface area contributed by atoms with Crippen LogP contribution in [0.15, 0.2) is 59.2 Å². The predicted octanol–water partition coefficient (Wildman–Crippen LogP) is 5.10. The molecule has 0 fully saturated rings. The van der Waals surface area contributed by atoms with Crippen molar-refractivity contribution < 1.29 is 68.0 Å². The zero-order chi connectivity index (χ0) is 43.0. The van der Waals surface area contributed by atoms with E-state index < -0.39 is 46.9 Å². The first-order valence-electron chi connectivity index (χ1n) is 18.2. The molecule has 1 aromatic carbocycles. The fraction of sp³-hybridized carbons (Fsp3) is 0.500. The fourth-order valence-corrected chi connectivity index (χ4v) is 5.99. The molecule has 1 atom stereocenters. The maximum Gasteiger partial charge on any atom is 0.376 e. The molecule has 0 bridgehead atoms. The average Bonchev–Trinajstić information content (AvgIpc) is 3.60. The second kappa shape index (κ2) is 18.7. The topological polar surface area (TPSA) is 202 Å². The Labute approximate surface area is 331 Å². The molecule has 1 unspecified atom stereocenters. The molecule has 57 heavy (non-hydrogen) atoms. The number of anilines is 1. The Hall–Kier alpha value is -5.36. The molecule has 3 aliphatic heterocycles. The van der Waals surface area contributed by atoms with Gasteiger partial charge in [-0.05, 0) is 121 Å². The molecule has 0 radical (unpaired) electrons. The van der Waals surface area contributed by atoms with E-state index in [0.29, 0.717) is 36.1 Å². The second-order valence-corrected chi connectivity index (χ2v) is 16.5. The van der Waals surface area contributed by atoms with Gasteiger partial charge in [-0.15, -0.1) is 0 Å². The monoisotopic (exact) mass is 797 g/mol. The molecule has 0 aromatic heterocycles. The standard InChI is InChI=1S/C24H34N2O8.C16H17NO6/c1-15-12-18(27)25(20(15)29)11-9-8-10-17(26-19(28)13-16(2)21(26)30)22(31)32-34-33-24(6,7)14-23(3,4)5;1-10-9-13(18)17(14(10)19)12-7-5-11(6-8-12)15(20)21-23-22-16(2,3)4/h12-13,17H,8-11,14H2,1-7H3;5-9H,1-4H3. The third-order valence-corrected chi connectivity index (χ3v) is 8.20. The minimum Gasteiger partial charge on any atom is -0.275 e. The van der Waals surface area contributed by atoms with Crippen molar-refractivity contribution in [2.24, 2.45) is 5.41 Å². The van der Waals surface area contributed by atoms with Crippen molar-refractivity contribution >= 4 is 53.1 Å². The third-order valence-electron chi connectivity index (χ3n) is 8.20. The number of nitrogens with zero attached hydrogens (tertiary/aromatic N) is 3. The van der Waals surface area contributed by atoms with E-state index in [-0.39, 0.29) is 47.2 Å². The number of unbranched alkanes of at least 4 members (excludes halogenated alkanes) is 1. The first-order valence-corrected chi connectivity index (χ1v) is 18.2. The Morgan fingerprint density at radius 3 is 1.68 bits per heavy atom. The summed E-state index contributed by atoms with van der Waals surface area (Å²) in [5.74, 6) is -4.46. The number of amides is 6. The summed E-state index contributed by atoms with van der Waals surface area (Å²) in [7, 11) is 0. The number of imide groups is 3. The van der Waals surface area contributed by atoms with Gasteiger partial charge in [0.25, 0.3) is 35.4 Å². The van der Waals surface area contributed by atoms with Crippen molar-refractivity contribution in [3.05, 3.63) is 64.8 Å². The SMILES string of the molecule is CC1=CC(=O)N(CCCCC(C(=O)OOOC(C)(C)CC(C)(C)C)N2C(=O)C=C(C)C2=O)C1=O.CC1=CC(=O)N(c2ccc(C(=O)OOOC(C)(C)C)cc2)C1=O. The molecule has 0 aliphatic carbocycles. The Kier molecular flexibility index (Phi) is 15.1. The molecule has 0 N–H and O–H groups in total. The van der Waals surface area contributed by atoms with Crippen LogP contribution in [-0.2, 0) is 63.2 Å². The molecular weight excluding hydrogens is 746 g/mol. The molecule has 310 valence electrons. The van der Waals surface area contributed by atoms with E-state index in [2.05, 4.69) is 9.93 Å². The van der Waals surface area contributed by atoms with E-state index in [9.17, 15) is 38.4 Å². The van der Waals surface area contributed by atoms with Gasteiger partial charge in [0, 0.05) is 41.5 Å². The van der Waals surface area contributed by atoms with Crippen LogP contribution >= 0.6 is 0 Å². The van der Waals surface area contributed by atoms with Crippen LogP contribution in [0.2, 0.25) is 0 Å². The normalized spacial score (nSPS) is 16.8. The van der Waals surface area contributed by atoms with Crippen molar-refractivity contribution in [1.29, 1.82) is 0 Å². The molecule has 1 aromatic rings. The molecule has 17 nitrogen and oxygen atoms in total. The number of carbonyl (C=O) groups is 8. The van der Waals surface area contributed by atoms with Crippen LogP contribution in [0.5, 0.6) is 0 Å². The Morgan fingerprint density at radius 1 is 0.649 bits per heavy atom. The highest BCUT2D eigenvalue weighted by atomic mass is 17.5. The van der Waals surface area contributed by atoms with Gasteiger partial charge in [0.15, 0.2) is 0 Å². The molecule has 6 amide bonds.